The van der Waals surface area contributed by atoms with Crippen LogP contribution in [0.5, 0.6) is 0 Å². The predicted molar refractivity (Wildman–Crippen MR) is 243 cm³/mol. The first-order valence-corrected chi connectivity index (χ1v) is 25.9. The van der Waals surface area contributed by atoms with E-state index in [1.165, 1.54) is 115 Å². The van der Waals surface area contributed by atoms with E-state index < -0.39 is 75.2 Å². The summed E-state index contributed by atoms with van der Waals surface area (Å²) in [5.74, 6) is -0.597. The Hall–Kier alpha value is -1.22. The summed E-state index contributed by atoms with van der Waals surface area (Å²) >= 11 is 0. The van der Waals surface area contributed by atoms with Crippen LogP contribution in [0.15, 0.2) is 24.3 Å². The molecule has 14 heteroatoms. The second-order valence-corrected chi connectivity index (χ2v) is 18.9. The summed E-state index contributed by atoms with van der Waals surface area (Å²) in [5, 5.41) is 74.5. The molecule has 1 saturated carbocycles. The van der Waals surface area contributed by atoms with Crippen LogP contribution in [0.3, 0.4) is 0 Å². The van der Waals surface area contributed by atoms with Crippen LogP contribution in [0, 0.1) is 0 Å². The molecular weight excluding hydrogens is 801 g/mol. The van der Waals surface area contributed by atoms with Crippen molar-refractivity contribution in [3.8, 4) is 0 Å². The minimum Gasteiger partial charge on any atom is -0.393 e. The van der Waals surface area contributed by atoms with Gasteiger partial charge in [-0.1, -0.05) is 179 Å². The third-order valence-corrected chi connectivity index (χ3v) is 12.8. The zero-order valence-corrected chi connectivity index (χ0v) is 39.0. The normalized spacial score (nSPS) is 23.4. The average Bonchev–Trinajstić information content (AvgIpc) is 3.23. The highest BCUT2D eigenvalue weighted by Crippen LogP contribution is 2.47. The molecule has 8 atom stereocenters. The fourth-order valence-electron chi connectivity index (χ4n) is 7.76. The topological polar surface area (TPSA) is 226 Å². The van der Waals surface area contributed by atoms with Gasteiger partial charge in [-0.2, -0.15) is 0 Å². The van der Waals surface area contributed by atoms with Crippen molar-refractivity contribution in [2.24, 2.45) is 0 Å². The fourth-order valence-corrected chi connectivity index (χ4v) is 8.73. The van der Waals surface area contributed by atoms with E-state index in [1.807, 2.05) is 0 Å². The standard InChI is InChI=1S/C47H90NO12P/c1-3-5-7-9-11-13-15-17-19-21-23-25-27-29-31-33-35-40(50)39(37-59-61(57,58)60-47-45(55)43(53)42(52)44(54)46(47)56)48-41(51)36-38(49)34-32-30-28-26-24-22-20-18-16-14-12-10-8-6-4-2/h18,20,33,35,38-40,42-47,49-50,52-56H,3-17,19,21-32,34,36-37H2,1-2H3,(H,48,51)(H,57,58)/b20-18-,35-33+. The molecule has 0 aromatic rings. The van der Waals surface area contributed by atoms with Crippen LogP contribution in [-0.2, 0) is 18.4 Å². The van der Waals surface area contributed by atoms with Gasteiger partial charge in [-0.25, -0.2) is 4.57 Å². The Labute approximate surface area is 369 Å². The maximum absolute atomic E-state index is 13.0. The van der Waals surface area contributed by atoms with Gasteiger partial charge in [-0.3, -0.25) is 13.8 Å². The van der Waals surface area contributed by atoms with Gasteiger partial charge in [0.25, 0.3) is 0 Å². The summed E-state index contributed by atoms with van der Waals surface area (Å²) in [6.07, 6.45) is 26.9. The molecule has 0 spiro atoms. The first kappa shape index (κ1) is 57.8. The van der Waals surface area contributed by atoms with Crippen LogP contribution in [0.4, 0.5) is 0 Å². The van der Waals surface area contributed by atoms with Gasteiger partial charge in [0.2, 0.25) is 5.91 Å². The number of amides is 1. The molecule has 61 heavy (non-hydrogen) atoms. The third kappa shape index (κ3) is 29.0. The van der Waals surface area contributed by atoms with E-state index in [-0.39, 0.29) is 6.42 Å². The Morgan fingerprint density at radius 1 is 0.574 bits per heavy atom. The molecule has 8 unspecified atom stereocenters. The van der Waals surface area contributed by atoms with Crippen LogP contribution < -0.4 is 5.32 Å². The van der Waals surface area contributed by atoms with Crippen molar-refractivity contribution in [3.05, 3.63) is 24.3 Å². The number of allylic oxidation sites excluding steroid dienone is 3. The Kier molecular flexibility index (Phi) is 35.1. The van der Waals surface area contributed by atoms with Crippen LogP contribution in [0.25, 0.3) is 0 Å². The maximum Gasteiger partial charge on any atom is 0.472 e. The van der Waals surface area contributed by atoms with Crippen molar-refractivity contribution in [2.45, 2.75) is 261 Å². The number of phosphoric ester groups is 1. The van der Waals surface area contributed by atoms with Crippen molar-refractivity contribution in [1.82, 2.24) is 5.32 Å². The van der Waals surface area contributed by atoms with Gasteiger partial charge in [-0.05, 0) is 44.9 Å². The number of phosphoric acid groups is 1. The zero-order chi connectivity index (χ0) is 45.1. The van der Waals surface area contributed by atoms with Crippen molar-refractivity contribution in [2.75, 3.05) is 6.61 Å². The summed E-state index contributed by atoms with van der Waals surface area (Å²) in [4.78, 5) is 23.5. The Morgan fingerprint density at radius 2 is 0.951 bits per heavy atom. The highest BCUT2D eigenvalue weighted by molar-refractivity contribution is 7.47. The quantitative estimate of drug-likeness (QED) is 0.0161. The first-order chi connectivity index (χ1) is 29.3. The van der Waals surface area contributed by atoms with Gasteiger partial charge in [0.05, 0.1) is 31.3 Å². The highest BCUT2D eigenvalue weighted by Gasteiger charge is 2.51. The molecule has 0 aliphatic heterocycles. The lowest BCUT2D eigenvalue weighted by Crippen LogP contribution is -2.64. The third-order valence-electron chi connectivity index (χ3n) is 11.8. The number of carbonyl (C=O) groups excluding carboxylic acids is 1. The van der Waals surface area contributed by atoms with Crippen LogP contribution in [0.1, 0.15) is 206 Å². The van der Waals surface area contributed by atoms with Crippen LogP contribution in [-0.4, -0.2) is 108 Å². The monoisotopic (exact) mass is 892 g/mol. The number of hydrogen-bond donors (Lipinski definition) is 9. The SMILES string of the molecule is CCCCCCCC/C=C\CCCCCCCC(O)CC(=O)NC(COP(=O)(O)OC1C(O)C(O)C(O)C(O)C1O)C(O)/C=C/CCCCCCCCCCCCCCCC. The summed E-state index contributed by atoms with van der Waals surface area (Å²) < 4.78 is 22.9. The minimum atomic E-state index is -5.14. The molecular formula is C47H90NO12P. The lowest BCUT2D eigenvalue weighted by Gasteiger charge is -2.41. The fraction of sp³-hybridized carbons (Fsp3) is 0.894. The van der Waals surface area contributed by atoms with Gasteiger partial charge in [-0.15, -0.1) is 0 Å². The zero-order valence-electron chi connectivity index (χ0n) is 38.1. The van der Waals surface area contributed by atoms with Crippen molar-refractivity contribution < 1.29 is 59.0 Å². The largest absolute Gasteiger partial charge is 0.472 e. The predicted octanol–water partition coefficient (Wildman–Crippen LogP) is 8.37. The average molecular weight is 892 g/mol. The van der Waals surface area contributed by atoms with E-state index in [2.05, 4.69) is 31.3 Å². The van der Waals surface area contributed by atoms with Gasteiger partial charge >= 0.3 is 7.82 Å². The Bertz CT molecular complexity index is 1140. The van der Waals surface area contributed by atoms with Gasteiger partial charge in [0.15, 0.2) is 0 Å². The summed E-state index contributed by atoms with van der Waals surface area (Å²) in [6, 6.07) is -1.24. The Morgan fingerprint density at radius 3 is 1.39 bits per heavy atom. The molecule has 1 aliphatic carbocycles. The molecule has 13 nitrogen and oxygen atoms in total. The smallest absolute Gasteiger partial charge is 0.393 e. The molecule has 0 aromatic heterocycles. The van der Waals surface area contributed by atoms with E-state index >= 15 is 0 Å². The lowest BCUT2D eigenvalue weighted by atomic mass is 9.85. The van der Waals surface area contributed by atoms with E-state index in [1.54, 1.807) is 6.08 Å². The number of hydrogen-bond acceptors (Lipinski definition) is 11. The number of aliphatic hydroxyl groups is 7. The lowest BCUT2D eigenvalue weighted by molar-refractivity contribution is -0.220. The molecule has 1 aliphatic rings. The van der Waals surface area contributed by atoms with Crippen LogP contribution >= 0.6 is 7.82 Å². The molecule has 0 saturated heterocycles. The summed E-state index contributed by atoms with van der Waals surface area (Å²) in [5.41, 5.74) is 0. The molecule has 1 amide bonds. The number of carbonyl (C=O) groups is 1. The van der Waals surface area contributed by atoms with Crippen molar-refractivity contribution in [1.29, 1.82) is 0 Å². The summed E-state index contributed by atoms with van der Waals surface area (Å²) in [6.45, 7) is 3.74. The molecule has 0 heterocycles. The molecule has 1 fully saturated rings. The number of nitrogens with one attached hydrogen (secondary N) is 1. The molecule has 0 radical (unpaired) electrons. The van der Waals surface area contributed by atoms with E-state index in [9.17, 15) is 50.0 Å². The minimum absolute atomic E-state index is 0.249. The number of unbranched alkanes of at least 4 members (excludes halogenated alkanes) is 25. The maximum atomic E-state index is 13.0. The molecule has 1 rings (SSSR count). The first-order valence-electron chi connectivity index (χ1n) is 24.4. The number of aliphatic hydroxyl groups excluding tert-OH is 7. The molecule has 0 bridgehead atoms. The second kappa shape index (κ2) is 37.0. The van der Waals surface area contributed by atoms with Gasteiger partial charge < -0.3 is 46.0 Å². The number of rotatable bonds is 40. The molecule has 0 aromatic carbocycles. The van der Waals surface area contributed by atoms with Crippen molar-refractivity contribution in [3.63, 3.8) is 0 Å². The van der Waals surface area contributed by atoms with Crippen molar-refractivity contribution >= 4 is 13.7 Å². The highest BCUT2D eigenvalue weighted by atomic mass is 31.2. The molecule has 9 N–H and O–H groups in total. The van der Waals surface area contributed by atoms with Crippen LogP contribution in [0.2, 0.25) is 0 Å². The van der Waals surface area contributed by atoms with Gasteiger partial charge in [0.1, 0.15) is 36.6 Å². The Balaban J connectivity index is 2.54. The second-order valence-electron chi connectivity index (χ2n) is 17.5. The van der Waals surface area contributed by atoms with E-state index in [0.717, 1.165) is 64.2 Å². The van der Waals surface area contributed by atoms with E-state index in [0.29, 0.717) is 12.8 Å². The van der Waals surface area contributed by atoms with Gasteiger partial charge in [0, 0.05) is 0 Å². The molecule has 360 valence electrons. The summed E-state index contributed by atoms with van der Waals surface area (Å²) in [7, 11) is -5.14. The van der Waals surface area contributed by atoms with E-state index in [4.69, 9.17) is 9.05 Å².